The fourth-order valence-corrected chi connectivity index (χ4v) is 3.56. The largest absolute Gasteiger partial charge is 0.381 e. The van der Waals surface area contributed by atoms with E-state index >= 15 is 0 Å². The number of hydrogen-bond donors (Lipinski definition) is 0. The molecule has 1 saturated carbocycles. The lowest BCUT2D eigenvalue weighted by Crippen LogP contribution is -2.38. The second-order valence-corrected chi connectivity index (χ2v) is 7.50. The molecule has 3 unspecified atom stereocenters. The topological polar surface area (TPSA) is 21.8 Å². The molecule has 0 radical (unpaired) electrons. The van der Waals surface area contributed by atoms with Crippen molar-refractivity contribution < 1.29 is 9.47 Å². The molecule has 0 spiro atoms. The molecule has 2 rings (SSSR count). The minimum Gasteiger partial charge on any atom is -0.381 e. The molecule has 2 fully saturated rings. The van der Waals surface area contributed by atoms with Gasteiger partial charge in [0.1, 0.15) is 0 Å². The van der Waals surface area contributed by atoms with Crippen LogP contribution in [0, 0.1) is 5.92 Å². The number of hydrogen-bond acceptors (Lipinski definition) is 2. The van der Waals surface area contributed by atoms with E-state index in [0.717, 1.165) is 25.7 Å². The molecule has 0 aromatic heterocycles. The summed E-state index contributed by atoms with van der Waals surface area (Å²) in [5.74, 6) is 0.471. The molecule has 2 heteroatoms. The van der Waals surface area contributed by atoms with Gasteiger partial charge in [-0.15, -0.1) is 0 Å². The fourth-order valence-electron chi connectivity index (χ4n) is 3.56. The molecule has 0 N–H and O–H groups in total. The van der Waals surface area contributed by atoms with Gasteiger partial charge >= 0.3 is 0 Å². The highest BCUT2D eigenvalue weighted by Crippen LogP contribution is 2.51. The van der Waals surface area contributed by atoms with Gasteiger partial charge in [0.15, 0.2) is 0 Å². The van der Waals surface area contributed by atoms with Gasteiger partial charge < -0.3 is 9.47 Å². The van der Waals surface area contributed by atoms with Crippen LogP contribution in [0.4, 0.5) is 0 Å². The van der Waals surface area contributed by atoms with Gasteiger partial charge in [0.25, 0.3) is 0 Å². The highest BCUT2D eigenvalue weighted by molar-refractivity contribution is 5.21. The van der Waals surface area contributed by atoms with E-state index in [2.05, 4.69) is 52.8 Å². The molecule has 1 aliphatic heterocycles. The van der Waals surface area contributed by atoms with Crippen LogP contribution in [0.15, 0.2) is 34.9 Å². The molecule has 4 atom stereocenters. The van der Waals surface area contributed by atoms with Crippen molar-refractivity contribution in [1.29, 1.82) is 0 Å². The second kappa shape index (κ2) is 7.14. The van der Waals surface area contributed by atoms with Crippen molar-refractivity contribution >= 4 is 0 Å². The summed E-state index contributed by atoms with van der Waals surface area (Å²) in [6.07, 6.45) is 11.9. The number of epoxide rings is 1. The predicted octanol–water partition coefficient (Wildman–Crippen LogP) is 5.21. The van der Waals surface area contributed by atoms with Crippen LogP contribution < -0.4 is 0 Å². The van der Waals surface area contributed by atoms with Crippen molar-refractivity contribution in [2.45, 2.75) is 78.1 Å². The third-order valence-corrected chi connectivity index (χ3v) is 5.09. The van der Waals surface area contributed by atoms with Gasteiger partial charge in [0.2, 0.25) is 0 Å². The van der Waals surface area contributed by atoms with Crippen LogP contribution in [0.2, 0.25) is 0 Å². The number of rotatable bonds is 5. The zero-order valence-electron chi connectivity index (χ0n) is 15.1. The Morgan fingerprint density at radius 3 is 2.59 bits per heavy atom. The normalized spacial score (nSPS) is 36.1. The zero-order valence-corrected chi connectivity index (χ0v) is 15.1. The summed E-state index contributed by atoms with van der Waals surface area (Å²) in [5.41, 5.74) is 4.25. The lowest BCUT2D eigenvalue weighted by molar-refractivity contribution is 0.00329. The first-order valence-electron chi connectivity index (χ1n) is 8.53. The van der Waals surface area contributed by atoms with Crippen LogP contribution >= 0.6 is 0 Å². The average Bonchev–Trinajstić information content (AvgIpc) is 3.14. The molecule has 1 heterocycles. The summed E-state index contributed by atoms with van der Waals surface area (Å²) in [7, 11) is 1.85. The van der Waals surface area contributed by atoms with Gasteiger partial charge in [0, 0.05) is 13.0 Å². The molecule has 1 saturated heterocycles. The van der Waals surface area contributed by atoms with Crippen molar-refractivity contribution in [3.05, 3.63) is 34.9 Å². The first kappa shape index (κ1) is 17.5. The number of methoxy groups -OCH3 is 1. The molecule has 0 bridgehead atoms. The molecule has 2 nitrogen and oxygen atoms in total. The van der Waals surface area contributed by atoms with E-state index in [9.17, 15) is 0 Å². The van der Waals surface area contributed by atoms with E-state index < -0.39 is 0 Å². The predicted molar refractivity (Wildman–Crippen MR) is 93.0 cm³/mol. The Kier molecular flexibility index (Phi) is 5.68. The van der Waals surface area contributed by atoms with E-state index in [1.165, 1.54) is 16.7 Å². The molecule has 124 valence electrons. The summed E-state index contributed by atoms with van der Waals surface area (Å²) in [6.45, 7) is 10.9. The molecule has 0 aromatic rings. The van der Waals surface area contributed by atoms with Crippen molar-refractivity contribution in [2.24, 2.45) is 5.92 Å². The van der Waals surface area contributed by atoms with E-state index in [1.54, 1.807) is 0 Å². The van der Waals surface area contributed by atoms with Gasteiger partial charge in [-0.25, -0.2) is 0 Å². The highest BCUT2D eigenvalue weighted by Gasteiger charge is 2.59. The summed E-state index contributed by atoms with van der Waals surface area (Å²) in [6, 6.07) is 0. The maximum absolute atomic E-state index is 6.13. The summed E-state index contributed by atoms with van der Waals surface area (Å²) < 4.78 is 11.9. The zero-order chi connectivity index (χ0) is 16.3. The standard InChI is InChI=1S/C20H32O2/c1-14(2)7-9-16-10-11-18(21-6)17(13-16)20(5)19(22-20)12-8-15(3)4/h7-9,17-19H,10-13H2,1-6H3/b16-9-/t17?,18?,19?,20-/m1/s1. The van der Waals surface area contributed by atoms with Crippen molar-refractivity contribution in [1.82, 2.24) is 0 Å². The Hall–Kier alpha value is -0.860. The molecular weight excluding hydrogens is 272 g/mol. The Balaban J connectivity index is 2.08. The van der Waals surface area contributed by atoms with E-state index in [0.29, 0.717) is 18.1 Å². The number of ether oxygens (including phenoxy) is 2. The SMILES string of the molecule is COC1CC/C(=C/C=C(C)C)CC1[C@@]1(C)OC1CC=C(C)C. The summed E-state index contributed by atoms with van der Waals surface area (Å²) in [5, 5.41) is 0. The van der Waals surface area contributed by atoms with Crippen LogP contribution in [-0.4, -0.2) is 24.9 Å². The highest BCUT2D eigenvalue weighted by atomic mass is 16.6. The minimum absolute atomic E-state index is 0.0168. The van der Waals surface area contributed by atoms with Gasteiger partial charge in [-0.2, -0.15) is 0 Å². The van der Waals surface area contributed by atoms with Gasteiger partial charge in [0.05, 0.1) is 17.8 Å². The molecule has 2 aliphatic rings. The first-order chi connectivity index (χ1) is 10.4. The third kappa shape index (κ3) is 4.11. The van der Waals surface area contributed by atoms with E-state index in [-0.39, 0.29) is 5.60 Å². The Bertz CT molecular complexity index is 478. The van der Waals surface area contributed by atoms with Crippen molar-refractivity contribution in [3.63, 3.8) is 0 Å². The lowest BCUT2D eigenvalue weighted by Gasteiger charge is -2.35. The van der Waals surface area contributed by atoms with E-state index in [4.69, 9.17) is 9.47 Å². The first-order valence-corrected chi connectivity index (χ1v) is 8.53. The van der Waals surface area contributed by atoms with Crippen LogP contribution in [0.3, 0.4) is 0 Å². The maximum Gasteiger partial charge on any atom is 0.0979 e. The van der Waals surface area contributed by atoms with Crippen LogP contribution in [0.5, 0.6) is 0 Å². The average molecular weight is 304 g/mol. The minimum atomic E-state index is -0.0168. The van der Waals surface area contributed by atoms with Crippen molar-refractivity contribution in [2.75, 3.05) is 7.11 Å². The Labute approximate surface area is 136 Å². The third-order valence-electron chi connectivity index (χ3n) is 5.09. The fraction of sp³-hybridized carbons (Fsp3) is 0.700. The summed E-state index contributed by atoms with van der Waals surface area (Å²) in [4.78, 5) is 0. The quantitative estimate of drug-likeness (QED) is 0.514. The Morgan fingerprint density at radius 1 is 1.27 bits per heavy atom. The van der Waals surface area contributed by atoms with Crippen LogP contribution in [0.1, 0.15) is 60.3 Å². The summed E-state index contributed by atoms with van der Waals surface area (Å²) >= 11 is 0. The van der Waals surface area contributed by atoms with Gasteiger partial charge in [-0.05, 0) is 60.3 Å². The smallest absolute Gasteiger partial charge is 0.0979 e. The van der Waals surface area contributed by atoms with Crippen LogP contribution in [0.25, 0.3) is 0 Å². The molecule has 1 aliphatic carbocycles. The monoisotopic (exact) mass is 304 g/mol. The molecule has 0 amide bonds. The molecule has 22 heavy (non-hydrogen) atoms. The van der Waals surface area contributed by atoms with Gasteiger partial charge in [-0.3, -0.25) is 0 Å². The maximum atomic E-state index is 6.13. The second-order valence-electron chi connectivity index (χ2n) is 7.50. The molecule has 0 aromatic carbocycles. The lowest BCUT2D eigenvalue weighted by atomic mass is 9.74. The van der Waals surface area contributed by atoms with E-state index in [1.807, 2.05) is 7.11 Å². The Morgan fingerprint density at radius 2 is 2.00 bits per heavy atom. The van der Waals surface area contributed by atoms with Crippen molar-refractivity contribution in [3.8, 4) is 0 Å². The number of allylic oxidation sites excluding steroid dienone is 5. The molecular formula is C20H32O2. The van der Waals surface area contributed by atoms with Crippen LogP contribution in [-0.2, 0) is 9.47 Å². The van der Waals surface area contributed by atoms with Gasteiger partial charge in [-0.1, -0.05) is 34.9 Å².